The summed E-state index contributed by atoms with van der Waals surface area (Å²) in [6.45, 7) is 3.48. The number of nitrogens with zero attached hydrogens (tertiary/aromatic N) is 4. The standard InChI is InChI=1S/C12H8ClFN4O/c1-6-3-7(2)17-10(8(6)4-15)19-11-9(14)5-16-12(13)18-11/h3,5H,1-2H3. The monoisotopic (exact) mass is 278 g/mol. The fraction of sp³-hybridized carbons (Fsp3) is 0.167. The zero-order chi connectivity index (χ0) is 14.0. The van der Waals surface area contributed by atoms with E-state index in [9.17, 15) is 4.39 Å². The van der Waals surface area contributed by atoms with E-state index in [-0.39, 0.29) is 22.6 Å². The second-order valence-corrected chi connectivity index (χ2v) is 4.10. The van der Waals surface area contributed by atoms with E-state index < -0.39 is 5.82 Å². The number of hydrogen-bond acceptors (Lipinski definition) is 5. The molecule has 2 rings (SSSR count). The molecular weight excluding hydrogens is 271 g/mol. The minimum atomic E-state index is -0.783. The van der Waals surface area contributed by atoms with Gasteiger partial charge in [0.25, 0.3) is 5.88 Å². The van der Waals surface area contributed by atoms with Crippen molar-refractivity contribution in [1.29, 1.82) is 5.26 Å². The Bertz CT molecular complexity index is 684. The molecule has 7 heteroatoms. The first-order chi connectivity index (χ1) is 9.01. The third-order valence-electron chi connectivity index (χ3n) is 2.30. The van der Waals surface area contributed by atoms with Crippen molar-refractivity contribution in [1.82, 2.24) is 15.0 Å². The highest BCUT2D eigenvalue weighted by Crippen LogP contribution is 2.26. The van der Waals surface area contributed by atoms with Crippen molar-refractivity contribution in [3.8, 4) is 17.8 Å². The number of aryl methyl sites for hydroxylation is 2. The molecule has 0 aromatic carbocycles. The van der Waals surface area contributed by atoms with E-state index >= 15 is 0 Å². The van der Waals surface area contributed by atoms with Crippen molar-refractivity contribution in [3.63, 3.8) is 0 Å². The Kier molecular flexibility index (Phi) is 3.58. The first-order valence-corrected chi connectivity index (χ1v) is 5.63. The summed E-state index contributed by atoms with van der Waals surface area (Å²) in [5, 5.41) is 8.92. The maximum Gasteiger partial charge on any atom is 0.261 e. The lowest BCUT2D eigenvalue weighted by molar-refractivity contribution is 0.404. The van der Waals surface area contributed by atoms with Crippen LogP contribution in [0.25, 0.3) is 0 Å². The fourth-order valence-corrected chi connectivity index (χ4v) is 1.63. The van der Waals surface area contributed by atoms with E-state index in [0.29, 0.717) is 11.3 Å². The molecule has 0 fully saturated rings. The summed E-state index contributed by atoms with van der Waals surface area (Å²) in [5.74, 6) is -1.16. The molecule has 0 N–H and O–H groups in total. The normalized spacial score (nSPS) is 10.1. The lowest BCUT2D eigenvalue weighted by atomic mass is 10.1. The van der Waals surface area contributed by atoms with Crippen LogP contribution in [0.4, 0.5) is 4.39 Å². The topological polar surface area (TPSA) is 71.7 Å². The highest BCUT2D eigenvalue weighted by Gasteiger charge is 2.15. The number of halogens is 2. The van der Waals surface area contributed by atoms with Crippen LogP contribution in [0, 0.1) is 31.0 Å². The zero-order valence-electron chi connectivity index (χ0n) is 10.1. The van der Waals surface area contributed by atoms with Gasteiger partial charge in [0, 0.05) is 5.69 Å². The van der Waals surface area contributed by atoms with Crippen LogP contribution < -0.4 is 4.74 Å². The molecule has 2 aromatic heterocycles. The summed E-state index contributed by atoms with van der Waals surface area (Å²) >= 11 is 5.56. The quantitative estimate of drug-likeness (QED) is 0.790. The molecule has 0 bridgehead atoms. The average molecular weight is 279 g/mol. The van der Waals surface area contributed by atoms with E-state index in [1.54, 1.807) is 19.9 Å². The molecule has 0 atom stereocenters. The SMILES string of the molecule is Cc1cc(C)c(C#N)c(Oc2nc(Cl)ncc2F)n1. The maximum atomic E-state index is 13.5. The first-order valence-electron chi connectivity index (χ1n) is 5.25. The van der Waals surface area contributed by atoms with E-state index in [1.807, 2.05) is 6.07 Å². The van der Waals surface area contributed by atoms with Crippen LogP contribution in [0.5, 0.6) is 11.8 Å². The molecule has 0 aliphatic heterocycles. The predicted octanol–water partition coefficient (Wildman–Crippen LogP) is 2.94. The van der Waals surface area contributed by atoms with Crippen molar-refractivity contribution in [2.75, 3.05) is 0 Å². The molecule has 19 heavy (non-hydrogen) atoms. The molecule has 0 saturated heterocycles. The molecule has 0 saturated carbocycles. The van der Waals surface area contributed by atoms with Crippen LogP contribution in [-0.4, -0.2) is 15.0 Å². The number of nitriles is 1. The van der Waals surface area contributed by atoms with Gasteiger partial charge in [0.15, 0.2) is 0 Å². The van der Waals surface area contributed by atoms with E-state index in [1.165, 1.54) is 0 Å². The minimum Gasteiger partial charge on any atom is -0.416 e. The molecule has 2 heterocycles. The number of pyridine rings is 1. The van der Waals surface area contributed by atoms with Crippen molar-refractivity contribution < 1.29 is 9.13 Å². The number of ether oxygens (including phenoxy) is 1. The van der Waals surface area contributed by atoms with Crippen LogP contribution in [-0.2, 0) is 0 Å². The lowest BCUT2D eigenvalue weighted by Gasteiger charge is -2.08. The summed E-state index contributed by atoms with van der Waals surface area (Å²) in [6, 6.07) is 3.69. The zero-order valence-corrected chi connectivity index (χ0v) is 10.9. The molecule has 0 amide bonds. The molecule has 96 valence electrons. The number of rotatable bonds is 2. The highest BCUT2D eigenvalue weighted by atomic mass is 35.5. The highest BCUT2D eigenvalue weighted by molar-refractivity contribution is 6.28. The van der Waals surface area contributed by atoms with Gasteiger partial charge in [0.1, 0.15) is 11.6 Å². The molecule has 0 radical (unpaired) electrons. The second-order valence-electron chi connectivity index (χ2n) is 3.77. The van der Waals surface area contributed by atoms with Gasteiger partial charge in [-0.1, -0.05) is 0 Å². The Balaban J connectivity index is 2.49. The Morgan fingerprint density at radius 3 is 2.74 bits per heavy atom. The van der Waals surface area contributed by atoms with E-state index in [2.05, 4.69) is 15.0 Å². The van der Waals surface area contributed by atoms with Gasteiger partial charge >= 0.3 is 0 Å². The van der Waals surface area contributed by atoms with Crippen LogP contribution in [0.1, 0.15) is 16.8 Å². The van der Waals surface area contributed by atoms with Gasteiger partial charge in [0.05, 0.1) is 6.20 Å². The van der Waals surface area contributed by atoms with Gasteiger partial charge in [0.2, 0.25) is 17.0 Å². The average Bonchev–Trinajstić information content (AvgIpc) is 2.33. The van der Waals surface area contributed by atoms with Gasteiger partial charge in [-0.25, -0.2) is 9.97 Å². The first kappa shape index (κ1) is 13.2. The van der Waals surface area contributed by atoms with Crippen molar-refractivity contribution in [3.05, 3.63) is 40.2 Å². The van der Waals surface area contributed by atoms with Crippen LogP contribution in [0.3, 0.4) is 0 Å². The summed E-state index contributed by atoms with van der Waals surface area (Å²) in [7, 11) is 0. The van der Waals surface area contributed by atoms with E-state index in [0.717, 1.165) is 6.20 Å². The van der Waals surface area contributed by atoms with Crippen LogP contribution in [0.2, 0.25) is 5.28 Å². The summed E-state index contributed by atoms with van der Waals surface area (Å²) in [5.41, 5.74) is 1.55. The summed E-state index contributed by atoms with van der Waals surface area (Å²) in [4.78, 5) is 11.1. The smallest absolute Gasteiger partial charge is 0.261 e. The summed E-state index contributed by atoms with van der Waals surface area (Å²) < 4.78 is 18.7. The predicted molar refractivity (Wildman–Crippen MR) is 65.5 cm³/mol. The van der Waals surface area contributed by atoms with Crippen molar-refractivity contribution in [2.45, 2.75) is 13.8 Å². The lowest BCUT2D eigenvalue weighted by Crippen LogP contribution is -2.00. The molecule has 5 nitrogen and oxygen atoms in total. The number of aromatic nitrogens is 3. The maximum absolute atomic E-state index is 13.5. The Morgan fingerprint density at radius 2 is 2.05 bits per heavy atom. The fourth-order valence-electron chi connectivity index (χ4n) is 1.51. The van der Waals surface area contributed by atoms with Gasteiger partial charge in [-0.05, 0) is 37.1 Å². The second kappa shape index (κ2) is 5.16. The third kappa shape index (κ3) is 2.77. The number of hydrogen-bond donors (Lipinski definition) is 0. The van der Waals surface area contributed by atoms with Gasteiger partial charge in [-0.3, -0.25) is 0 Å². The molecule has 0 aliphatic carbocycles. The van der Waals surface area contributed by atoms with Gasteiger partial charge in [-0.15, -0.1) is 0 Å². The molecule has 2 aromatic rings. The Labute approximate surface area is 113 Å². The van der Waals surface area contributed by atoms with Gasteiger partial charge in [-0.2, -0.15) is 14.6 Å². The third-order valence-corrected chi connectivity index (χ3v) is 2.48. The molecular formula is C12H8ClFN4O. The van der Waals surface area contributed by atoms with Crippen LogP contribution in [0.15, 0.2) is 12.3 Å². The minimum absolute atomic E-state index is 0.00586. The Morgan fingerprint density at radius 1 is 1.32 bits per heavy atom. The molecule has 0 spiro atoms. The van der Waals surface area contributed by atoms with Gasteiger partial charge < -0.3 is 4.74 Å². The largest absolute Gasteiger partial charge is 0.416 e. The summed E-state index contributed by atoms with van der Waals surface area (Å²) in [6.07, 6.45) is 0.888. The van der Waals surface area contributed by atoms with E-state index in [4.69, 9.17) is 21.6 Å². The van der Waals surface area contributed by atoms with Crippen molar-refractivity contribution in [2.24, 2.45) is 0 Å². The Hall–Kier alpha value is -2.26. The molecule has 0 aliphatic rings. The molecule has 0 unspecified atom stereocenters. The van der Waals surface area contributed by atoms with Crippen LogP contribution >= 0.6 is 11.6 Å². The van der Waals surface area contributed by atoms with Crippen molar-refractivity contribution >= 4 is 11.6 Å².